The van der Waals surface area contributed by atoms with Crippen molar-refractivity contribution in [3.05, 3.63) is 29.7 Å². The zero-order valence-electron chi connectivity index (χ0n) is 12.7. The van der Waals surface area contributed by atoms with Crippen molar-refractivity contribution < 1.29 is 4.42 Å². The third kappa shape index (κ3) is 2.59. The number of rotatable bonds is 2. The lowest BCUT2D eigenvalue weighted by Crippen LogP contribution is -2.38. The van der Waals surface area contributed by atoms with Gasteiger partial charge in [-0.15, -0.1) is 0 Å². The van der Waals surface area contributed by atoms with Gasteiger partial charge in [0.15, 0.2) is 11.5 Å². The van der Waals surface area contributed by atoms with Gasteiger partial charge in [-0.3, -0.25) is 0 Å². The highest BCUT2D eigenvalue weighted by molar-refractivity contribution is 5.73. The fraction of sp³-hybridized carbons (Fsp3) is 0.588. The Bertz CT molecular complexity index is 615. The maximum Gasteiger partial charge on any atom is 0.197 e. The van der Waals surface area contributed by atoms with E-state index in [-0.39, 0.29) is 11.0 Å². The first-order valence-corrected chi connectivity index (χ1v) is 7.55. The topological polar surface area (TPSA) is 52.0 Å². The Balaban J connectivity index is 1.90. The fourth-order valence-corrected chi connectivity index (χ4v) is 3.07. The summed E-state index contributed by atoms with van der Waals surface area (Å²) in [5, 5.41) is 0. The number of oxazole rings is 1. The average Bonchev–Trinajstić information content (AvgIpc) is 2.92. The molecule has 0 saturated heterocycles. The summed E-state index contributed by atoms with van der Waals surface area (Å²) in [4.78, 5) is 4.65. The van der Waals surface area contributed by atoms with E-state index in [2.05, 4.69) is 37.9 Å². The third-order valence-corrected chi connectivity index (χ3v) is 4.40. The zero-order valence-corrected chi connectivity index (χ0v) is 12.7. The van der Waals surface area contributed by atoms with Crippen LogP contribution in [0.2, 0.25) is 0 Å². The maximum atomic E-state index is 6.41. The van der Waals surface area contributed by atoms with Gasteiger partial charge in [0.05, 0.1) is 0 Å². The molecule has 0 atom stereocenters. The minimum absolute atomic E-state index is 0.103. The number of fused-ring (bicyclic) bond motifs is 1. The Morgan fingerprint density at radius 3 is 2.60 bits per heavy atom. The lowest BCUT2D eigenvalue weighted by atomic mass is 9.87. The molecule has 0 radical (unpaired) electrons. The summed E-state index contributed by atoms with van der Waals surface area (Å²) in [5.41, 5.74) is 9.55. The number of hydrogen-bond acceptors (Lipinski definition) is 3. The van der Waals surface area contributed by atoms with Gasteiger partial charge in [0.2, 0.25) is 0 Å². The average molecular weight is 272 g/mol. The van der Waals surface area contributed by atoms with Gasteiger partial charge in [-0.05, 0) is 36.0 Å². The predicted octanol–water partition coefficient (Wildman–Crippen LogP) is 3.94. The largest absolute Gasteiger partial charge is 0.441 e. The first kappa shape index (κ1) is 13.6. The smallest absolute Gasteiger partial charge is 0.197 e. The molecule has 3 nitrogen and oxygen atoms in total. The van der Waals surface area contributed by atoms with Crippen LogP contribution in [-0.4, -0.2) is 10.5 Å². The van der Waals surface area contributed by atoms with Crippen molar-refractivity contribution in [3.8, 4) is 0 Å². The molecule has 1 saturated carbocycles. The van der Waals surface area contributed by atoms with E-state index >= 15 is 0 Å². The van der Waals surface area contributed by atoms with Crippen LogP contribution >= 0.6 is 0 Å². The van der Waals surface area contributed by atoms with Gasteiger partial charge in [0.1, 0.15) is 5.52 Å². The first-order chi connectivity index (χ1) is 9.36. The van der Waals surface area contributed by atoms with Crippen molar-refractivity contribution in [1.82, 2.24) is 4.98 Å². The number of aromatic nitrogens is 1. The SMILES string of the molecule is CC(C)(C)c1ccc2oc(CC3(N)CCCC3)nc2c1. The van der Waals surface area contributed by atoms with Gasteiger partial charge in [0.25, 0.3) is 0 Å². The Hall–Kier alpha value is -1.35. The predicted molar refractivity (Wildman–Crippen MR) is 81.8 cm³/mol. The van der Waals surface area contributed by atoms with Gasteiger partial charge in [0, 0.05) is 12.0 Å². The van der Waals surface area contributed by atoms with E-state index in [1.54, 1.807) is 0 Å². The van der Waals surface area contributed by atoms with Crippen LogP contribution in [0.3, 0.4) is 0 Å². The summed E-state index contributed by atoms with van der Waals surface area (Å²) in [6.45, 7) is 6.63. The maximum absolute atomic E-state index is 6.41. The first-order valence-electron chi connectivity index (χ1n) is 7.55. The molecule has 1 heterocycles. The van der Waals surface area contributed by atoms with E-state index in [1.807, 2.05) is 6.07 Å². The van der Waals surface area contributed by atoms with Gasteiger partial charge < -0.3 is 10.2 Å². The Morgan fingerprint density at radius 2 is 1.95 bits per heavy atom. The highest BCUT2D eigenvalue weighted by atomic mass is 16.3. The summed E-state index contributed by atoms with van der Waals surface area (Å²) < 4.78 is 5.87. The molecule has 0 unspecified atom stereocenters. The molecular formula is C17H24N2O. The molecule has 0 spiro atoms. The van der Waals surface area contributed by atoms with Gasteiger partial charge in [-0.1, -0.05) is 39.7 Å². The Morgan fingerprint density at radius 1 is 1.25 bits per heavy atom. The van der Waals surface area contributed by atoms with Crippen molar-refractivity contribution >= 4 is 11.1 Å². The summed E-state index contributed by atoms with van der Waals surface area (Å²) >= 11 is 0. The minimum Gasteiger partial charge on any atom is -0.441 e. The second-order valence-corrected chi connectivity index (χ2v) is 7.29. The molecule has 20 heavy (non-hydrogen) atoms. The molecule has 0 amide bonds. The van der Waals surface area contributed by atoms with Gasteiger partial charge in [-0.2, -0.15) is 0 Å². The lowest BCUT2D eigenvalue weighted by molar-refractivity contribution is 0.385. The molecule has 1 aliphatic carbocycles. The van der Waals surface area contributed by atoms with Gasteiger partial charge >= 0.3 is 0 Å². The fourth-order valence-electron chi connectivity index (χ4n) is 3.07. The van der Waals surface area contributed by atoms with Gasteiger partial charge in [-0.25, -0.2) is 4.98 Å². The van der Waals surface area contributed by atoms with E-state index in [9.17, 15) is 0 Å². The normalized spacial score (nSPS) is 18.8. The second kappa shape index (κ2) is 4.59. The molecule has 108 valence electrons. The standard InChI is InChI=1S/C17H24N2O/c1-16(2,3)12-6-7-14-13(10-12)19-15(20-14)11-17(18)8-4-5-9-17/h6-7,10H,4-5,8-9,11,18H2,1-3H3. The molecule has 2 aromatic rings. The van der Waals surface area contributed by atoms with E-state index in [4.69, 9.17) is 10.2 Å². The molecule has 1 fully saturated rings. The summed E-state index contributed by atoms with van der Waals surface area (Å²) in [7, 11) is 0. The molecule has 2 N–H and O–H groups in total. The number of nitrogens with zero attached hydrogens (tertiary/aromatic N) is 1. The summed E-state index contributed by atoms with van der Waals surface area (Å²) in [5.74, 6) is 0.787. The van der Waals surface area contributed by atoms with E-state index < -0.39 is 0 Å². The van der Waals surface area contributed by atoms with Crippen molar-refractivity contribution in [2.24, 2.45) is 5.73 Å². The van der Waals surface area contributed by atoms with Crippen LogP contribution in [0.1, 0.15) is 57.9 Å². The summed E-state index contributed by atoms with van der Waals surface area (Å²) in [6, 6.07) is 6.30. The van der Waals surface area contributed by atoms with Crippen molar-refractivity contribution in [2.75, 3.05) is 0 Å². The molecule has 1 aliphatic rings. The molecule has 3 heteroatoms. The summed E-state index contributed by atoms with van der Waals surface area (Å²) in [6.07, 6.45) is 5.38. The highest BCUT2D eigenvalue weighted by Crippen LogP contribution is 2.32. The quantitative estimate of drug-likeness (QED) is 0.901. The molecular weight excluding hydrogens is 248 g/mol. The zero-order chi connectivity index (χ0) is 14.4. The molecule has 0 bridgehead atoms. The molecule has 3 rings (SSSR count). The van der Waals surface area contributed by atoms with E-state index in [0.29, 0.717) is 0 Å². The molecule has 1 aromatic carbocycles. The molecule has 0 aliphatic heterocycles. The lowest BCUT2D eigenvalue weighted by Gasteiger charge is -2.20. The Kier molecular flexibility index (Phi) is 3.13. The van der Waals surface area contributed by atoms with Crippen LogP contribution in [0.15, 0.2) is 22.6 Å². The molecule has 1 aromatic heterocycles. The Labute approximate surface area is 120 Å². The number of benzene rings is 1. The second-order valence-electron chi connectivity index (χ2n) is 7.29. The van der Waals surface area contributed by atoms with E-state index in [1.165, 1.54) is 18.4 Å². The van der Waals surface area contributed by atoms with Crippen molar-refractivity contribution in [2.45, 2.75) is 63.8 Å². The van der Waals surface area contributed by atoms with Crippen LogP contribution < -0.4 is 5.73 Å². The van der Waals surface area contributed by atoms with Crippen LogP contribution in [0, 0.1) is 0 Å². The van der Waals surface area contributed by atoms with Crippen molar-refractivity contribution in [1.29, 1.82) is 0 Å². The number of nitrogens with two attached hydrogens (primary N) is 1. The number of hydrogen-bond donors (Lipinski definition) is 1. The van der Waals surface area contributed by atoms with Crippen LogP contribution in [-0.2, 0) is 11.8 Å². The van der Waals surface area contributed by atoms with E-state index in [0.717, 1.165) is 36.3 Å². The van der Waals surface area contributed by atoms with Crippen LogP contribution in [0.25, 0.3) is 11.1 Å². The third-order valence-electron chi connectivity index (χ3n) is 4.40. The van der Waals surface area contributed by atoms with Crippen LogP contribution in [0.4, 0.5) is 0 Å². The van der Waals surface area contributed by atoms with Crippen LogP contribution in [0.5, 0.6) is 0 Å². The highest BCUT2D eigenvalue weighted by Gasteiger charge is 2.31. The monoisotopic (exact) mass is 272 g/mol. The van der Waals surface area contributed by atoms with Crippen molar-refractivity contribution in [3.63, 3.8) is 0 Å². The minimum atomic E-state index is -0.103.